The summed E-state index contributed by atoms with van der Waals surface area (Å²) in [5.41, 5.74) is 7.19. The third kappa shape index (κ3) is 3.48. The van der Waals surface area contributed by atoms with Gasteiger partial charge in [-0.05, 0) is 49.2 Å². The lowest BCUT2D eigenvalue weighted by Crippen LogP contribution is -2.71. The molecule has 0 radical (unpaired) electrons. The van der Waals surface area contributed by atoms with E-state index in [1.807, 2.05) is 16.5 Å². The van der Waals surface area contributed by atoms with Gasteiger partial charge in [0.05, 0.1) is 16.9 Å². The number of rotatable bonds is 5. The Balaban J connectivity index is 1.41. The van der Waals surface area contributed by atoms with Crippen LogP contribution in [0.3, 0.4) is 0 Å². The van der Waals surface area contributed by atoms with Crippen molar-refractivity contribution in [3.8, 4) is 17.3 Å². The van der Waals surface area contributed by atoms with Gasteiger partial charge in [-0.1, -0.05) is 18.3 Å². The normalized spacial score (nSPS) is 16.3. The Morgan fingerprint density at radius 2 is 2.00 bits per heavy atom. The maximum Gasteiger partial charge on any atom is 0.191 e. The van der Waals surface area contributed by atoms with Crippen molar-refractivity contribution in [2.24, 2.45) is 5.41 Å². The van der Waals surface area contributed by atoms with Crippen LogP contribution in [0.2, 0.25) is 0 Å². The molecule has 35 heavy (non-hydrogen) atoms. The zero-order chi connectivity index (χ0) is 24.3. The number of nitriles is 1. The van der Waals surface area contributed by atoms with Gasteiger partial charge in [0.2, 0.25) is 0 Å². The van der Waals surface area contributed by atoms with Crippen molar-refractivity contribution < 1.29 is 4.39 Å². The molecular formula is C26H26FN7S. The van der Waals surface area contributed by atoms with E-state index in [1.165, 1.54) is 34.7 Å². The third-order valence-electron chi connectivity index (χ3n) is 7.17. The molecule has 3 aromatic heterocycles. The Morgan fingerprint density at radius 1 is 1.26 bits per heavy atom. The van der Waals surface area contributed by atoms with E-state index in [0.717, 1.165) is 55.1 Å². The Hall–Kier alpha value is -3.48. The van der Waals surface area contributed by atoms with Crippen molar-refractivity contribution in [1.82, 2.24) is 19.9 Å². The van der Waals surface area contributed by atoms with E-state index in [4.69, 9.17) is 10.1 Å². The van der Waals surface area contributed by atoms with Gasteiger partial charge in [0, 0.05) is 56.1 Å². The fourth-order valence-electron chi connectivity index (χ4n) is 5.22. The summed E-state index contributed by atoms with van der Waals surface area (Å²) in [6, 6.07) is 10.6. The first kappa shape index (κ1) is 22.0. The minimum absolute atomic E-state index is 0.313. The first-order valence-electron chi connectivity index (χ1n) is 11.8. The SMILES string of the molecule is CCc1nn2cc(C)c(N3CC4(CNC4)C3)cc2c1N(C)c1nc(-c2ccc(F)cc2)c(C#N)s1. The number of nitrogens with one attached hydrogen (secondary N) is 1. The third-order valence-corrected chi connectivity index (χ3v) is 8.21. The number of pyridine rings is 1. The van der Waals surface area contributed by atoms with Gasteiger partial charge in [-0.15, -0.1) is 0 Å². The molecule has 0 saturated carbocycles. The molecule has 4 aromatic rings. The Labute approximate surface area is 207 Å². The number of anilines is 3. The molecule has 0 atom stereocenters. The molecule has 6 rings (SSSR count). The minimum Gasteiger partial charge on any atom is -0.370 e. The van der Waals surface area contributed by atoms with Crippen LogP contribution in [0.15, 0.2) is 36.5 Å². The van der Waals surface area contributed by atoms with Crippen molar-refractivity contribution in [3.05, 3.63) is 58.5 Å². The Morgan fingerprint density at radius 3 is 2.63 bits per heavy atom. The molecule has 5 heterocycles. The summed E-state index contributed by atoms with van der Waals surface area (Å²) in [5.74, 6) is -0.313. The van der Waals surface area contributed by atoms with Crippen LogP contribution < -0.4 is 15.1 Å². The van der Waals surface area contributed by atoms with Crippen molar-refractivity contribution in [3.63, 3.8) is 0 Å². The molecule has 2 fully saturated rings. The largest absolute Gasteiger partial charge is 0.370 e. The highest BCUT2D eigenvalue weighted by Gasteiger charge is 2.47. The average molecular weight is 488 g/mol. The number of benzene rings is 1. The number of hydrogen-bond donors (Lipinski definition) is 1. The summed E-state index contributed by atoms with van der Waals surface area (Å²) < 4.78 is 15.4. The van der Waals surface area contributed by atoms with Gasteiger partial charge in [-0.25, -0.2) is 13.9 Å². The summed E-state index contributed by atoms with van der Waals surface area (Å²) in [6.07, 6.45) is 2.88. The standard InChI is InChI=1S/C26H26FN7S/c1-4-19-24(32(3)25-30-23(22(10-28)35-25)17-5-7-18(27)8-6-17)21-9-20(16(2)11-34(21)31-19)33-14-26(15-33)12-29-13-26/h5-9,11,29H,4,12-15H2,1-3H3. The fourth-order valence-corrected chi connectivity index (χ4v) is 6.07. The van der Waals surface area contributed by atoms with E-state index in [2.05, 4.69) is 42.4 Å². The summed E-state index contributed by atoms with van der Waals surface area (Å²) in [7, 11) is 1.97. The van der Waals surface area contributed by atoms with Crippen LogP contribution in [-0.2, 0) is 6.42 Å². The highest BCUT2D eigenvalue weighted by Crippen LogP contribution is 2.42. The second-order valence-electron chi connectivity index (χ2n) is 9.63. The Bertz CT molecular complexity index is 1470. The van der Waals surface area contributed by atoms with Gasteiger partial charge in [0.25, 0.3) is 0 Å². The molecule has 178 valence electrons. The molecule has 2 saturated heterocycles. The number of aromatic nitrogens is 3. The van der Waals surface area contributed by atoms with Crippen LogP contribution >= 0.6 is 11.3 Å². The van der Waals surface area contributed by atoms with Gasteiger partial charge < -0.3 is 15.1 Å². The van der Waals surface area contributed by atoms with E-state index in [1.54, 1.807) is 12.1 Å². The molecule has 0 unspecified atom stereocenters. The monoisotopic (exact) mass is 487 g/mol. The maximum atomic E-state index is 13.4. The van der Waals surface area contributed by atoms with Crippen LogP contribution in [0.25, 0.3) is 16.8 Å². The van der Waals surface area contributed by atoms with Gasteiger partial charge >= 0.3 is 0 Å². The van der Waals surface area contributed by atoms with E-state index in [0.29, 0.717) is 21.1 Å². The van der Waals surface area contributed by atoms with Crippen molar-refractivity contribution in [1.29, 1.82) is 5.26 Å². The summed E-state index contributed by atoms with van der Waals surface area (Å²) in [5, 5.41) is 18.7. The molecule has 0 aliphatic carbocycles. The highest BCUT2D eigenvalue weighted by atomic mass is 32.1. The van der Waals surface area contributed by atoms with E-state index in [9.17, 15) is 9.65 Å². The van der Waals surface area contributed by atoms with E-state index < -0.39 is 0 Å². The molecular weight excluding hydrogens is 461 g/mol. The van der Waals surface area contributed by atoms with Gasteiger partial charge in [-0.3, -0.25) is 0 Å². The molecule has 1 N–H and O–H groups in total. The first-order valence-corrected chi connectivity index (χ1v) is 12.6. The van der Waals surface area contributed by atoms with E-state index in [-0.39, 0.29) is 5.82 Å². The minimum atomic E-state index is -0.313. The number of aryl methyl sites for hydroxylation is 2. The lowest BCUT2D eigenvalue weighted by atomic mass is 9.74. The topological polar surface area (TPSA) is 72.5 Å². The predicted molar refractivity (Wildman–Crippen MR) is 137 cm³/mol. The second-order valence-corrected chi connectivity index (χ2v) is 10.6. The fraction of sp³-hybridized carbons (Fsp3) is 0.346. The van der Waals surface area contributed by atoms with Crippen molar-refractivity contribution in [2.45, 2.75) is 20.3 Å². The number of nitrogens with zero attached hydrogens (tertiary/aromatic N) is 6. The maximum absolute atomic E-state index is 13.4. The first-order chi connectivity index (χ1) is 16.9. The quantitative estimate of drug-likeness (QED) is 0.446. The molecule has 0 amide bonds. The highest BCUT2D eigenvalue weighted by molar-refractivity contribution is 7.16. The lowest BCUT2D eigenvalue weighted by molar-refractivity contribution is 0.121. The number of fused-ring (bicyclic) bond motifs is 1. The summed E-state index contributed by atoms with van der Waals surface area (Å²) >= 11 is 1.34. The number of thiazole rings is 1. The molecule has 1 spiro atoms. The van der Waals surface area contributed by atoms with Crippen LogP contribution in [0.4, 0.5) is 20.9 Å². The molecule has 7 nitrogen and oxygen atoms in total. The number of hydrogen-bond acceptors (Lipinski definition) is 7. The molecule has 9 heteroatoms. The summed E-state index contributed by atoms with van der Waals surface area (Å²) in [4.78, 5) is 9.80. The van der Waals surface area contributed by atoms with Gasteiger partial charge in [0.15, 0.2) is 5.13 Å². The average Bonchev–Trinajstić information content (AvgIpc) is 3.38. The summed E-state index contributed by atoms with van der Waals surface area (Å²) in [6.45, 7) is 8.61. The van der Waals surface area contributed by atoms with Gasteiger partial charge in [0.1, 0.15) is 22.5 Å². The molecule has 0 bridgehead atoms. The predicted octanol–water partition coefficient (Wildman–Crippen LogP) is 4.52. The molecule has 2 aliphatic heterocycles. The second kappa shape index (κ2) is 8.04. The molecule has 2 aliphatic rings. The van der Waals surface area contributed by atoms with Crippen LogP contribution in [-0.4, -0.2) is 47.8 Å². The zero-order valence-corrected chi connectivity index (χ0v) is 20.8. The van der Waals surface area contributed by atoms with E-state index >= 15 is 0 Å². The van der Waals surface area contributed by atoms with Crippen molar-refractivity contribution >= 4 is 33.4 Å². The zero-order valence-electron chi connectivity index (χ0n) is 20.0. The molecule has 1 aromatic carbocycles. The van der Waals surface area contributed by atoms with Gasteiger partial charge in [-0.2, -0.15) is 10.4 Å². The van der Waals surface area contributed by atoms with Crippen LogP contribution in [0.1, 0.15) is 23.1 Å². The smallest absolute Gasteiger partial charge is 0.191 e. The van der Waals surface area contributed by atoms with Crippen LogP contribution in [0, 0.1) is 29.5 Å². The number of halogens is 1. The lowest BCUT2D eigenvalue weighted by Gasteiger charge is -2.57. The Kier molecular flexibility index (Phi) is 5.06. The van der Waals surface area contributed by atoms with Crippen LogP contribution in [0.5, 0.6) is 0 Å². The van der Waals surface area contributed by atoms with Crippen molar-refractivity contribution in [2.75, 3.05) is 43.0 Å².